The van der Waals surface area contributed by atoms with Gasteiger partial charge in [0.15, 0.2) is 0 Å². The van der Waals surface area contributed by atoms with Crippen LogP contribution in [0.5, 0.6) is 17.2 Å². The molecule has 3 aromatic carbocycles. The van der Waals surface area contributed by atoms with Gasteiger partial charge in [-0.2, -0.15) is 0 Å². The van der Waals surface area contributed by atoms with E-state index in [1.807, 2.05) is 6.92 Å². The first-order valence-electron chi connectivity index (χ1n) is 7.98. The predicted molar refractivity (Wildman–Crippen MR) is 101 cm³/mol. The summed E-state index contributed by atoms with van der Waals surface area (Å²) in [5.41, 5.74) is 1.47. The highest BCUT2D eigenvalue weighted by atomic mass is 32.2. The second-order valence-corrected chi connectivity index (χ2v) is 7.40. The molecule has 6 heteroatoms. The molecule has 0 radical (unpaired) electrons. The second-order valence-electron chi connectivity index (χ2n) is 5.72. The second kappa shape index (κ2) is 7.49. The number of hydrogen-bond donors (Lipinski definition) is 1. The Morgan fingerprint density at radius 1 is 0.731 bits per heavy atom. The molecule has 0 aromatic heterocycles. The van der Waals surface area contributed by atoms with E-state index in [-0.39, 0.29) is 4.90 Å². The average Bonchev–Trinajstić information content (AvgIpc) is 2.64. The van der Waals surface area contributed by atoms with Crippen LogP contribution in [0.3, 0.4) is 0 Å². The van der Waals surface area contributed by atoms with Gasteiger partial charge in [-0.3, -0.25) is 4.72 Å². The van der Waals surface area contributed by atoms with Crippen LogP contribution in [0.4, 0.5) is 5.69 Å². The summed E-state index contributed by atoms with van der Waals surface area (Å²) < 4.78 is 38.2. The maximum absolute atomic E-state index is 12.4. The average molecular weight is 369 g/mol. The molecule has 0 saturated carbocycles. The highest BCUT2D eigenvalue weighted by Crippen LogP contribution is 2.25. The number of aryl methyl sites for hydroxylation is 1. The summed E-state index contributed by atoms with van der Waals surface area (Å²) in [5, 5.41) is 0. The van der Waals surface area contributed by atoms with Gasteiger partial charge in [-0.25, -0.2) is 8.42 Å². The van der Waals surface area contributed by atoms with Crippen LogP contribution in [0.25, 0.3) is 0 Å². The van der Waals surface area contributed by atoms with Crippen molar-refractivity contribution in [3.63, 3.8) is 0 Å². The van der Waals surface area contributed by atoms with Crippen molar-refractivity contribution < 1.29 is 17.9 Å². The van der Waals surface area contributed by atoms with Crippen molar-refractivity contribution in [2.45, 2.75) is 11.8 Å². The van der Waals surface area contributed by atoms with Gasteiger partial charge in [0.2, 0.25) is 0 Å². The van der Waals surface area contributed by atoms with Crippen LogP contribution in [0, 0.1) is 6.92 Å². The van der Waals surface area contributed by atoms with Crippen LogP contribution >= 0.6 is 0 Å². The van der Waals surface area contributed by atoms with Crippen LogP contribution in [-0.2, 0) is 10.0 Å². The fourth-order valence-electron chi connectivity index (χ4n) is 2.30. The van der Waals surface area contributed by atoms with E-state index in [1.54, 1.807) is 79.9 Å². The third kappa shape index (κ3) is 4.34. The Kier molecular flexibility index (Phi) is 5.14. The standard InChI is InChI=1S/C20H19NO4S/c1-15-3-13-20(14-4-15)26(22,23)21-16-5-7-18(8-6-16)25-19-11-9-17(24-2)10-12-19/h3-14,21H,1-2H3. The number of ether oxygens (including phenoxy) is 2. The Balaban J connectivity index is 1.69. The van der Waals surface area contributed by atoms with E-state index in [0.29, 0.717) is 17.2 Å². The number of nitrogens with one attached hydrogen (secondary N) is 1. The molecule has 0 aliphatic heterocycles. The summed E-state index contributed by atoms with van der Waals surface area (Å²) in [6.45, 7) is 1.91. The third-order valence-corrected chi connectivity index (χ3v) is 5.13. The number of hydrogen-bond acceptors (Lipinski definition) is 4. The fourth-order valence-corrected chi connectivity index (χ4v) is 3.36. The monoisotopic (exact) mass is 369 g/mol. The fraction of sp³-hybridized carbons (Fsp3) is 0.100. The SMILES string of the molecule is COc1ccc(Oc2ccc(NS(=O)(=O)c3ccc(C)cc3)cc2)cc1. The summed E-state index contributed by atoms with van der Waals surface area (Å²) in [7, 11) is -2.01. The zero-order valence-electron chi connectivity index (χ0n) is 14.5. The molecule has 3 aromatic rings. The minimum absolute atomic E-state index is 0.224. The number of rotatable bonds is 6. The molecule has 0 unspecified atom stereocenters. The first-order valence-corrected chi connectivity index (χ1v) is 9.46. The Morgan fingerprint density at radius 3 is 1.77 bits per heavy atom. The van der Waals surface area contributed by atoms with Crippen LogP contribution in [0.2, 0.25) is 0 Å². The lowest BCUT2D eigenvalue weighted by Gasteiger charge is -2.10. The number of anilines is 1. The maximum Gasteiger partial charge on any atom is 0.261 e. The van der Waals surface area contributed by atoms with Crippen LogP contribution < -0.4 is 14.2 Å². The van der Waals surface area contributed by atoms with Gasteiger partial charge >= 0.3 is 0 Å². The normalized spacial score (nSPS) is 11.0. The molecule has 26 heavy (non-hydrogen) atoms. The van der Waals surface area contributed by atoms with Crippen molar-refractivity contribution in [3.8, 4) is 17.2 Å². The lowest BCUT2D eigenvalue weighted by Crippen LogP contribution is -2.12. The third-order valence-electron chi connectivity index (χ3n) is 3.73. The molecule has 0 aliphatic rings. The summed E-state index contributed by atoms with van der Waals surface area (Å²) in [6.07, 6.45) is 0. The van der Waals surface area contributed by atoms with Gasteiger partial charge in [-0.05, 0) is 67.6 Å². The Hall–Kier alpha value is -2.99. The molecule has 0 aliphatic carbocycles. The quantitative estimate of drug-likeness (QED) is 0.690. The largest absolute Gasteiger partial charge is 0.497 e. The van der Waals surface area contributed by atoms with Gasteiger partial charge in [0.05, 0.1) is 12.0 Å². The van der Waals surface area contributed by atoms with Crippen molar-refractivity contribution >= 4 is 15.7 Å². The molecule has 0 spiro atoms. The van der Waals surface area contributed by atoms with E-state index in [9.17, 15) is 8.42 Å². The van der Waals surface area contributed by atoms with Crippen molar-refractivity contribution in [1.82, 2.24) is 0 Å². The summed E-state index contributed by atoms with van der Waals surface area (Å²) in [6, 6.07) is 20.6. The molecular formula is C20H19NO4S. The molecule has 0 heterocycles. The number of benzene rings is 3. The first-order chi connectivity index (χ1) is 12.5. The van der Waals surface area contributed by atoms with E-state index >= 15 is 0 Å². The molecule has 0 fully saturated rings. The van der Waals surface area contributed by atoms with Crippen LogP contribution in [0.1, 0.15) is 5.56 Å². The molecule has 0 saturated heterocycles. The number of methoxy groups -OCH3 is 1. The van der Waals surface area contributed by atoms with E-state index in [2.05, 4.69) is 4.72 Å². The van der Waals surface area contributed by atoms with Crippen LogP contribution in [0.15, 0.2) is 77.7 Å². The minimum atomic E-state index is -3.61. The molecule has 0 bridgehead atoms. The Bertz CT molecular complexity index is 964. The highest BCUT2D eigenvalue weighted by molar-refractivity contribution is 7.92. The van der Waals surface area contributed by atoms with Gasteiger partial charge in [0.25, 0.3) is 10.0 Å². The van der Waals surface area contributed by atoms with Gasteiger partial charge in [0, 0.05) is 5.69 Å². The van der Waals surface area contributed by atoms with Gasteiger partial charge in [-0.1, -0.05) is 17.7 Å². The van der Waals surface area contributed by atoms with E-state index in [4.69, 9.17) is 9.47 Å². The van der Waals surface area contributed by atoms with Gasteiger partial charge in [0.1, 0.15) is 17.2 Å². The van der Waals surface area contributed by atoms with E-state index in [1.165, 1.54) is 0 Å². The summed E-state index contributed by atoms with van der Waals surface area (Å²) in [5.74, 6) is 2.02. The zero-order chi connectivity index (χ0) is 18.6. The van der Waals surface area contributed by atoms with E-state index in [0.717, 1.165) is 11.3 Å². The van der Waals surface area contributed by atoms with E-state index < -0.39 is 10.0 Å². The zero-order valence-corrected chi connectivity index (χ0v) is 15.3. The lowest BCUT2D eigenvalue weighted by molar-refractivity contribution is 0.413. The smallest absolute Gasteiger partial charge is 0.261 e. The van der Waals surface area contributed by atoms with Gasteiger partial charge in [-0.15, -0.1) is 0 Å². The predicted octanol–water partition coefficient (Wildman–Crippen LogP) is 4.60. The molecule has 0 amide bonds. The molecule has 5 nitrogen and oxygen atoms in total. The molecule has 1 N–H and O–H groups in total. The molecule has 3 rings (SSSR count). The van der Waals surface area contributed by atoms with Crippen LogP contribution in [-0.4, -0.2) is 15.5 Å². The summed E-state index contributed by atoms with van der Waals surface area (Å²) >= 11 is 0. The molecular weight excluding hydrogens is 350 g/mol. The first kappa shape index (κ1) is 17.8. The van der Waals surface area contributed by atoms with Gasteiger partial charge < -0.3 is 9.47 Å². The number of sulfonamides is 1. The minimum Gasteiger partial charge on any atom is -0.497 e. The van der Waals surface area contributed by atoms with Crippen molar-refractivity contribution in [2.24, 2.45) is 0 Å². The topological polar surface area (TPSA) is 64.6 Å². The highest BCUT2D eigenvalue weighted by Gasteiger charge is 2.13. The molecule has 134 valence electrons. The molecule has 0 atom stereocenters. The maximum atomic E-state index is 12.4. The Labute approximate surface area is 153 Å². The Morgan fingerprint density at radius 2 is 1.23 bits per heavy atom. The lowest BCUT2D eigenvalue weighted by atomic mass is 10.2. The van der Waals surface area contributed by atoms with Crippen molar-refractivity contribution in [3.05, 3.63) is 78.4 Å². The van der Waals surface area contributed by atoms with Crippen molar-refractivity contribution in [1.29, 1.82) is 0 Å². The van der Waals surface area contributed by atoms with Crippen molar-refractivity contribution in [2.75, 3.05) is 11.8 Å². The summed E-state index contributed by atoms with van der Waals surface area (Å²) in [4.78, 5) is 0.224.